The highest BCUT2D eigenvalue weighted by atomic mass is 16.5. The molecule has 0 bridgehead atoms. The number of ether oxygens (including phenoxy) is 2. The van der Waals surface area contributed by atoms with Gasteiger partial charge in [0.05, 0.1) is 14.2 Å². The number of nitrogens with two attached hydrogens (primary N) is 1. The van der Waals surface area contributed by atoms with Gasteiger partial charge in [-0.3, -0.25) is 0 Å². The number of rotatable bonds is 10. The van der Waals surface area contributed by atoms with Crippen LogP contribution in [0.3, 0.4) is 0 Å². The Hall–Kier alpha value is -3.48. The van der Waals surface area contributed by atoms with Crippen LogP contribution >= 0.6 is 0 Å². The lowest BCUT2D eigenvalue weighted by atomic mass is 10.1. The third-order valence-corrected chi connectivity index (χ3v) is 4.59. The second kappa shape index (κ2) is 10.2. The van der Waals surface area contributed by atoms with Gasteiger partial charge in [0.15, 0.2) is 23.1 Å². The summed E-state index contributed by atoms with van der Waals surface area (Å²) in [6.45, 7) is 1.43. The summed E-state index contributed by atoms with van der Waals surface area (Å²) >= 11 is 0. The van der Waals surface area contributed by atoms with E-state index in [0.717, 1.165) is 36.4 Å². The van der Waals surface area contributed by atoms with Crippen LogP contribution < -0.4 is 25.8 Å². The lowest BCUT2D eigenvalue weighted by Crippen LogP contribution is -2.13. The first-order valence-electron chi connectivity index (χ1n) is 9.54. The van der Waals surface area contributed by atoms with Crippen LogP contribution in [0, 0.1) is 0 Å². The maximum atomic E-state index is 6.24. The van der Waals surface area contributed by atoms with Gasteiger partial charge in [-0.2, -0.15) is 0 Å². The van der Waals surface area contributed by atoms with Crippen molar-refractivity contribution in [1.29, 1.82) is 0 Å². The maximum Gasteiger partial charge on any atom is 0.160 e. The summed E-state index contributed by atoms with van der Waals surface area (Å²) in [5, 5.41) is 6.58. The number of nitrogens with zero attached hydrogens (tertiary/aromatic N) is 2. The lowest BCUT2D eigenvalue weighted by Gasteiger charge is -2.13. The van der Waals surface area contributed by atoms with Crippen molar-refractivity contribution in [2.24, 2.45) is 0 Å². The molecular weight excluding hydrogens is 366 g/mol. The second-order valence-electron chi connectivity index (χ2n) is 6.51. The first-order chi connectivity index (χ1) is 14.2. The molecule has 7 heteroatoms. The van der Waals surface area contributed by atoms with Crippen molar-refractivity contribution in [1.82, 2.24) is 9.97 Å². The number of nitrogen functional groups attached to an aromatic ring is 1. The van der Waals surface area contributed by atoms with E-state index in [4.69, 9.17) is 15.2 Å². The zero-order valence-corrected chi connectivity index (χ0v) is 16.8. The van der Waals surface area contributed by atoms with Gasteiger partial charge in [0.25, 0.3) is 0 Å². The molecule has 7 nitrogen and oxygen atoms in total. The molecule has 2 aromatic carbocycles. The van der Waals surface area contributed by atoms with Crippen LogP contribution in [-0.2, 0) is 12.8 Å². The Kier molecular flexibility index (Phi) is 7.10. The zero-order valence-electron chi connectivity index (χ0n) is 16.8. The highest BCUT2D eigenvalue weighted by Crippen LogP contribution is 2.28. The molecular formula is C22H27N5O2. The van der Waals surface area contributed by atoms with Crippen LogP contribution in [0.2, 0.25) is 0 Å². The van der Waals surface area contributed by atoms with Gasteiger partial charge in [-0.25, -0.2) is 9.97 Å². The average molecular weight is 393 g/mol. The van der Waals surface area contributed by atoms with E-state index >= 15 is 0 Å². The number of benzene rings is 2. The maximum absolute atomic E-state index is 6.24. The molecule has 0 saturated heterocycles. The summed E-state index contributed by atoms with van der Waals surface area (Å²) in [5.74, 6) is 2.71. The van der Waals surface area contributed by atoms with E-state index in [1.807, 2.05) is 36.4 Å². The van der Waals surface area contributed by atoms with Crippen LogP contribution in [0.1, 0.15) is 11.1 Å². The Labute approximate surface area is 171 Å². The normalized spacial score (nSPS) is 10.4. The molecule has 0 fully saturated rings. The third-order valence-electron chi connectivity index (χ3n) is 4.59. The second-order valence-corrected chi connectivity index (χ2v) is 6.51. The van der Waals surface area contributed by atoms with Gasteiger partial charge < -0.3 is 25.8 Å². The van der Waals surface area contributed by atoms with Crippen molar-refractivity contribution >= 4 is 17.3 Å². The lowest BCUT2D eigenvalue weighted by molar-refractivity contribution is 0.354. The number of anilines is 3. The Balaban J connectivity index is 1.54. The van der Waals surface area contributed by atoms with E-state index in [2.05, 4.69) is 32.7 Å². The molecule has 0 spiro atoms. The largest absolute Gasteiger partial charge is 0.493 e. The number of hydrogen-bond donors (Lipinski definition) is 3. The topological polar surface area (TPSA) is 94.3 Å². The fraction of sp³-hybridized carbons (Fsp3) is 0.273. The highest BCUT2D eigenvalue weighted by Gasteiger charge is 2.08. The van der Waals surface area contributed by atoms with E-state index in [0.29, 0.717) is 23.9 Å². The summed E-state index contributed by atoms with van der Waals surface area (Å²) in [5.41, 5.74) is 9.15. The third kappa shape index (κ3) is 5.51. The molecule has 0 atom stereocenters. The van der Waals surface area contributed by atoms with Crippen molar-refractivity contribution in [2.45, 2.75) is 12.8 Å². The summed E-state index contributed by atoms with van der Waals surface area (Å²) < 4.78 is 10.6. The Morgan fingerprint density at radius 1 is 0.793 bits per heavy atom. The summed E-state index contributed by atoms with van der Waals surface area (Å²) in [6.07, 6.45) is 3.20. The average Bonchev–Trinajstić information content (AvgIpc) is 2.76. The Morgan fingerprint density at radius 2 is 1.41 bits per heavy atom. The molecule has 0 aliphatic heterocycles. The van der Waals surface area contributed by atoms with E-state index in [-0.39, 0.29) is 0 Å². The van der Waals surface area contributed by atoms with Gasteiger partial charge >= 0.3 is 0 Å². The SMILES string of the molecule is COc1ccc(CCNc2ncnc(NCCc3ccccc3)c2N)cc1OC. The molecule has 1 aromatic heterocycles. The molecule has 0 saturated carbocycles. The van der Waals surface area contributed by atoms with Gasteiger partial charge in [0.2, 0.25) is 0 Å². The van der Waals surface area contributed by atoms with Gasteiger partial charge in [0, 0.05) is 13.1 Å². The van der Waals surface area contributed by atoms with Crippen LogP contribution in [-0.4, -0.2) is 37.3 Å². The van der Waals surface area contributed by atoms with Crippen LogP contribution in [0.4, 0.5) is 17.3 Å². The molecule has 0 unspecified atom stereocenters. The standard InChI is InChI=1S/C22H27N5O2/c1-28-18-9-8-17(14-19(18)29-2)11-13-25-22-20(23)21(26-15-27-22)24-12-10-16-6-4-3-5-7-16/h3-9,14-15H,10-13,23H2,1-2H3,(H2,24,25,26,27). The predicted molar refractivity (Wildman–Crippen MR) is 117 cm³/mol. The fourth-order valence-corrected chi connectivity index (χ4v) is 3.01. The molecule has 4 N–H and O–H groups in total. The van der Waals surface area contributed by atoms with Gasteiger partial charge in [-0.05, 0) is 36.1 Å². The molecule has 0 amide bonds. The van der Waals surface area contributed by atoms with Gasteiger partial charge in [0.1, 0.15) is 12.0 Å². The van der Waals surface area contributed by atoms with Crippen molar-refractivity contribution < 1.29 is 9.47 Å². The van der Waals surface area contributed by atoms with Gasteiger partial charge in [-0.15, -0.1) is 0 Å². The number of methoxy groups -OCH3 is 2. The van der Waals surface area contributed by atoms with Gasteiger partial charge in [-0.1, -0.05) is 36.4 Å². The minimum absolute atomic E-state index is 0.521. The number of hydrogen-bond acceptors (Lipinski definition) is 7. The molecule has 0 aliphatic rings. The van der Waals surface area contributed by atoms with Crippen molar-refractivity contribution in [3.63, 3.8) is 0 Å². The molecule has 1 heterocycles. The van der Waals surface area contributed by atoms with Crippen LogP contribution in [0.25, 0.3) is 0 Å². The molecule has 0 aliphatic carbocycles. The fourth-order valence-electron chi connectivity index (χ4n) is 3.01. The zero-order chi connectivity index (χ0) is 20.5. The number of aromatic nitrogens is 2. The Bertz CT molecular complexity index is 918. The minimum Gasteiger partial charge on any atom is -0.493 e. The first-order valence-corrected chi connectivity index (χ1v) is 9.54. The first kappa shape index (κ1) is 20.3. The van der Waals surface area contributed by atoms with Crippen molar-refractivity contribution in [3.8, 4) is 11.5 Å². The van der Waals surface area contributed by atoms with E-state index in [9.17, 15) is 0 Å². The Morgan fingerprint density at radius 3 is 2.03 bits per heavy atom. The summed E-state index contributed by atoms with van der Waals surface area (Å²) in [6, 6.07) is 16.2. The van der Waals surface area contributed by atoms with E-state index in [1.165, 1.54) is 11.9 Å². The van der Waals surface area contributed by atoms with Crippen LogP contribution in [0.15, 0.2) is 54.9 Å². The molecule has 0 radical (unpaired) electrons. The van der Waals surface area contributed by atoms with Crippen molar-refractivity contribution in [3.05, 3.63) is 66.0 Å². The highest BCUT2D eigenvalue weighted by molar-refractivity contribution is 5.74. The summed E-state index contributed by atoms with van der Waals surface area (Å²) in [4.78, 5) is 8.53. The molecule has 3 rings (SSSR count). The van der Waals surface area contributed by atoms with E-state index in [1.54, 1.807) is 14.2 Å². The predicted octanol–water partition coefficient (Wildman–Crippen LogP) is 3.39. The van der Waals surface area contributed by atoms with Crippen molar-refractivity contribution in [2.75, 3.05) is 43.7 Å². The monoisotopic (exact) mass is 393 g/mol. The number of nitrogens with one attached hydrogen (secondary N) is 2. The quantitative estimate of drug-likeness (QED) is 0.486. The minimum atomic E-state index is 0.521. The molecule has 152 valence electrons. The van der Waals surface area contributed by atoms with Crippen LogP contribution in [0.5, 0.6) is 11.5 Å². The smallest absolute Gasteiger partial charge is 0.160 e. The van der Waals surface area contributed by atoms with E-state index < -0.39 is 0 Å². The molecule has 29 heavy (non-hydrogen) atoms. The molecule has 3 aromatic rings. The summed E-state index contributed by atoms with van der Waals surface area (Å²) in [7, 11) is 3.26.